The topological polar surface area (TPSA) is 38.1 Å². The number of benzene rings is 4. The van der Waals surface area contributed by atoms with Crippen LogP contribution in [0.3, 0.4) is 0 Å². The number of para-hydroxylation sites is 2. The fraction of sp³-hybridized carbons (Fsp3) is 0.222. The lowest BCUT2D eigenvalue weighted by Gasteiger charge is -2.43. The van der Waals surface area contributed by atoms with E-state index < -0.39 is 0 Å². The van der Waals surface area contributed by atoms with Crippen LogP contribution >= 0.6 is 0 Å². The molecular weight excluding hydrogens is 526 g/mol. The number of piperazine rings is 1. The lowest BCUT2D eigenvalue weighted by molar-refractivity contribution is 0.0882. The van der Waals surface area contributed by atoms with E-state index in [-0.39, 0.29) is 23.7 Å². The first-order valence-electron chi connectivity index (χ1n) is 14.6. The van der Waals surface area contributed by atoms with Gasteiger partial charge in [-0.05, 0) is 38.1 Å². The molecule has 0 spiro atoms. The second kappa shape index (κ2) is 10.9. The number of fused-ring (bicyclic) bond motifs is 2. The number of hydrogen-bond donors (Lipinski definition) is 2. The molecule has 1 fully saturated rings. The van der Waals surface area contributed by atoms with E-state index in [4.69, 9.17) is 0 Å². The number of aromatic nitrogens is 2. The summed E-state index contributed by atoms with van der Waals surface area (Å²) in [7, 11) is 0. The molecule has 2 aromatic heterocycles. The largest absolute Gasteiger partial charge is 0.358 e. The zero-order valence-corrected chi connectivity index (χ0v) is 23.9. The highest BCUT2D eigenvalue weighted by Gasteiger charge is 2.35. The normalized spacial score (nSPS) is 16.3. The van der Waals surface area contributed by atoms with Gasteiger partial charge in [0.25, 0.3) is 0 Å². The Balaban J connectivity index is 1.28. The van der Waals surface area contributed by atoms with Crippen LogP contribution in [0.2, 0.25) is 0 Å². The molecular formula is C36H34F2N4. The van der Waals surface area contributed by atoms with Crippen molar-refractivity contribution < 1.29 is 8.78 Å². The number of nitrogens with one attached hydrogen (secondary N) is 2. The molecule has 0 bridgehead atoms. The molecule has 0 aliphatic carbocycles. The van der Waals surface area contributed by atoms with E-state index in [1.807, 2.05) is 48.5 Å². The Morgan fingerprint density at radius 2 is 0.881 bits per heavy atom. The molecule has 42 heavy (non-hydrogen) atoms. The summed E-state index contributed by atoms with van der Waals surface area (Å²) in [5, 5.41) is 2.23. The summed E-state index contributed by atoms with van der Waals surface area (Å²) in [6, 6.07) is 30.3. The summed E-state index contributed by atoms with van der Waals surface area (Å²) >= 11 is 0. The zero-order valence-electron chi connectivity index (χ0n) is 23.9. The minimum absolute atomic E-state index is 0.201. The molecule has 6 aromatic rings. The van der Waals surface area contributed by atoms with Crippen LogP contribution in [0, 0.1) is 25.5 Å². The number of H-pyrrole nitrogens is 2. The lowest BCUT2D eigenvalue weighted by Crippen LogP contribution is -2.49. The monoisotopic (exact) mass is 560 g/mol. The Hall–Kier alpha value is -4.26. The van der Waals surface area contributed by atoms with Crippen molar-refractivity contribution in [2.45, 2.75) is 25.9 Å². The van der Waals surface area contributed by atoms with Crippen LogP contribution in [0.25, 0.3) is 21.8 Å². The van der Waals surface area contributed by atoms with Crippen LogP contribution in [-0.2, 0) is 0 Å². The van der Waals surface area contributed by atoms with Crippen molar-refractivity contribution >= 4 is 21.8 Å². The van der Waals surface area contributed by atoms with Crippen LogP contribution in [0.4, 0.5) is 8.78 Å². The van der Waals surface area contributed by atoms with Crippen molar-refractivity contribution in [3.63, 3.8) is 0 Å². The van der Waals surface area contributed by atoms with Gasteiger partial charge in [-0.15, -0.1) is 0 Å². The van der Waals surface area contributed by atoms with Crippen LogP contribution in [0.5, 0.6) is 0 Å². The number of halogens is 2. The molecule has 0 saturated carbocycles. The lowest BCUT2D eigenvalue weighted by atomic mass is 9.91. The second-order valence-corrected chi connectivity index (χ2v) is 11.3. The van der Waals surface area contributed by atoms with Gasteiger partial charge >= 0.3 is 0 Å². The number of hydrogen-bond acceptors (Lipinski definition) is 2. The van der Waals surface area contributed by atoms with E-state index >= 15 is 8.78 Å². The summed E-state index contributed by atoms with van der Waals surface area (Å²) in [5.41, 5.74) is 7.79. The van der Waals surface area contributed by atoms with E-state index in [0.29, 0.717) is 37.3 Å². The molecule has 0 amide bonds. The molecule has 1 saturated heterocycles. The standard InChI is InChI=1S/C36H34F2N4/c1-23-33(27-13-5-9-17-31(27)39-23)35(25-11-3-7-15-29(25)37)41-19-21-42(22-20-41)36(26-12-4-8-16-30(26)38)34-24(2)40-32-18-10-6-14-28(32)34/h3-18,35-36,39-40H,19-22H2,1-2H3/t35-,36+. The highest BCUT2D eigenvalue weighted by molar-refractivity contribution is 5.86. The van der Waals surface area contributed by atoms with Crippen molar-refractivity contribution in [1.82, 2.24) is 19.8 Å². The van der Waals surface area contributed by atoms with Gasteiger partial charge in [-0.1, -0.05) is 72.8 Å². The van der Waals surface area contributed by atoms with Crippen LogP contribution in [-0.4, -0.2) is 45.9 Å². The Bertz CT molecular complexity index is 1740. The second-order valence-electron chi connectivity index (χ2n) is 11.3. The summed E-state index contributed by atoms with van der Waals surface area (Å²) in [6.07, 6.45) is 0. The molecule has 1 aliphatic rings. The summed E-state index contributed by atoms with van der Waals surface area (Å²) in [5.74, 6) is -0.401. The molecule has 7 rings (SSSR count). The van der Waals surface area contributed by atoms with E-state index in [1.165, 1.54) is 0 Å². The molecule has 1 aliphatic heterocycles. The van der Waals surface area contributed by atoms with Gasteiger partial charge in [0.15, 0.2) is 0 Å². The number of rotatable bonds is 6. The maximum Gasteiger partial charge on any atom is 0.128 e. The third-order valence-electron chi connectivity index (χ3n) is 8.91. The third-order valence-corrected chi connectivity index (χ3v) is 8.91. The molecule has 0 radical (unpaired) electrons. The van der Waals surface area contributed by atoms with Crippen molar-refractivity contribution in [2.75, 3.05) is 26.2 Å². The number of aryl methyl sites for hydroxylation is 2. The zero-order chi connectivity index (χ0) is 28.8. The smallest absolute Gasteiger partial charge is 0.128 e. The molecule has 0 unspecified atom stereocenters. The predicted octanol–water partition coefficient (Wildman–Crippen LogP) is 8.04. The van der Waals surface area contributed by atoms with E-state index in [9.17, 15) is 0 Å². The van der Waals surface area contributed by atoms with E-state index in [2.05, 4.69) is 57.9 Å². The third kappa shape index (κ3) is 4.52. The summed E-state index contributed by atoms with van der Waals surface area (Å²) < 4.78 is 31.0. The van der Waals surface area contributed by atoms with Gasteiger partial charge in [0.05, 0.1) is 12.1 Å². The molecule has 6 heteroatoms. The van der Waals surface area contributed by atoms with Gasteiger partial charge in [-0.2, -0.15) is 0 Å². The highest BCUT2D eigenvalue weighted by atomic mass is 19.1. The van der Waals surface area contributed by atoms with Crippen molar-refractivity contribution in [2.24, 2.45) is 0 Å². The van der Waals surface area contributed by atoms with Crippen molar-refractivity contribution in [1.29, 1.82) is 0 Å². The highest BCUT2D eigenvalue weighted by Crippen LogP contribution is 2.41. The summed E-state index contributed by atoms with van der Waals surface area (Å²) in [6.45, 7) is 7.00. The van der Waals surface area contributed by atoms with Crippen molar-refractivity contribution in [3.05, 3.63) is 142 Å². The molecule has 2 N–H and O–H groups in total. The van der Waals surface area contributed by atoms with Crippen LogP contribution in [0.15, 0.2) is 97.1 Å². The SMILES string of the molecule is Cc1[nH]c2ccccc2c1[C@@H](c1ccccc1F)N1CCN([C@@H](c2ccccc2F)c2c(C)[nH]c3ccccc23)CC1. The first kappa shape index (κ1) is 26.6. The van der Waals surface area contributed by atoms with E-state index in [1.54, 1.807) is 24.3 Å². The fourth-order valence-electron chi connectivity index (χ4n) is 7.02. The molecule has 4 nitrogen and oxygen atoms in total. The van der Waals surface area contributed by atoms with Gasteiger partial charge in [0.1, 0.15) is 11.6 Å². The average molecular weight is 561 g/mol. The number of aromatic amines is 2. The van der Waals surface area contributed by atoms with Gasteiger partial charge < -0.3 is 9.97 Å². The molecule has 2 atom stereocenters. The minimum atomic E-state index is -0.244. The number of nitrogens with zero attached hydrogens (tertiary/aromatic N) is 2. The predicted molar refractivity (Wildman–Crippen MR) is 166 cm³/mol. The first-order chi connectivity index (χ1) is 20.5. The molecule has 3 heterocycles. The minimum Gasteiger partial charge on any atom is -0.358 e. The van der Waals surface area contributed by atoms with Gasteiger partial charge in [-0.25, -0.2) is 8.78 Å². The maximum atomic E-state index is 15.5. The van der Waals surface area contributed by atoms with Gasteiger partial charge in [0.2, 0.25) is 0 Å². The van der Waals surface area contributed by atoms with Crippen LogP contribution in [0.1, 0.15) is 45.7 Å². The van der Waals surface area contributed by atoms with Crippen molar-refractivity contribution in [3.8, 4) is 0 Å². The van der Waals surface area contributed by atoms with Gasteiger partial charge in [-0.3, -0.25) is 9.80 Å². The van der Waals surface area contributed by atoms with Gasteiger partial charge in [0, 0.05) is 81.6 Å². The average Bonchev–Trinajstić information content (AvgIpc) is 3.51. The fourth-order valence-corrected chi connectivity index (χ4v) is 7.02. The Morgan fingerprint density at radius 3 is 1.29 bits per heavy atom. The van der Waals surface area contributed by atoms with Crippen LogP contribution < -0.4 is 0 Å². The Kier molecular flexibility index (Phi) is 6.88. The maximum absolute atomic E-state index is 15.5. The Morgan fingerprint density at radius 1 is 0.524 bits per heavy atom. The summed E-state index contributed by atoms with van der Waals surface area (Å²) in [4.78, 5) is 11.8. The Labute approximate surface area is 244 Å². The first-order valence-corrected chi connectivity index (χ1v) is 14.6. The molecule has 4 aromatic carbocycles. The van der Waals surface area contributed by atoms with E-state index in [0.717, 1.165) is 44.3 Å². The molecule has 212 valence electrons. The quantitative estimate of drug-likeness (QED) is 0.216.